The first-order chi connectivity index (χ1) is 9.38. The van der Waals surface area contributed by atoms with Crippen molar-refractivity contribution in [2.75, 3.05) is 13.2 Å². The van der Waals surface area contributed by atoms with Crippen molar-refractivity contribution in [1.82, 2.24) is 15.3 Å². The number of nitrogens with one attached hydrogen (secondary N) is 2. The average molecular weight is 259 g/mol. The zero-order valence-electron chi connectivity index (χ0n) is 11.4. The first-order valence-corrected chi connectivity index (χ1v) is 6.78. The molecule has 0 aliphatic heterocycles. The molecule has 0 aliphatic rings. The van der Waals surface area contributed by atoms with Crippen molar-refractivity contribution in [2.45, 2.75) is 26.3 Å². The third-order valence-corrected chi connectivity index (χ3v) is 2.83. The van der Waals surface area contributed by atoms with Crippen LogP contribution in [-0.4, -0.2) is 23.1 Å². The molecule has 0 amide bonds. The van der Waals surface area contributed by atoms with E-state index in [9.17, 15) is 0 Å². The molecule has 0 radical (unpaired) electrons. The van der Waals surface area contributed by atoms with E-state index in [4.69, 9.17) is 4.74 Å². The molecule has 4 heteroatoms. The van der Waals surface area contributed by atoms with Crippen LogP contribution in [0.3, 0.4) is 0 Å². The maximum atomic E-state index is 5.62. The van der Waals surface area contributed by atoms with Crippen LogP contribution in [0.2, 0.25) is 0 Å². The van der Waals surface area contributed by atoms with Gasteiger partial charge in [0.1, 0.15) is 5.75 Å². The zero-order chi connectivity index (χ0) is 13.3. The summed E-state index contributed by atoms with van der Waals surface area (Å²) in [6.07, 6.45) is 5.57. The molecule has 19 heavy (non-hydrogen) atoms. The Kier molecular flexibility index (Phi) is 5.44. The van der Waals surface area contributed by atoms with Gasteiger partial charge < -0.3 is 15.0 Å². The van der Waals surface area contributed by atoms with Crippen molar-refractivity contribution in [3.05, 3.63) is 48.0 Å². The molecule has 102 valence electrons. The third kappa shape index (κ3) is 4.75. The number of H-pyrrole nitrogens is 1. The van der Waals surface area contributed by atoms with Crippen LogP contribution in [0.25, 0.3) is 0 Å². The molecule has 4 nitrogen and oxygen atoms in total. The van der Waals surface area contributed by atoms with Gasteiger partial charge in [0.15, 0.2) is 0 Å². The van der Waals surface area contributed by atoms with E-state index >= 15 is 0 Å². The molecule has 2 rings (SSSR count). The maximum Gasteiger partial charge on any atom is 0.119 e. The van der Waals surface area contributed by atoms with Crippen molar-refractivity contribution in [1.29, 1.82) is 0 Å². The molecule has 1 heterocycles. The van der Waals surface area contributed by atoms with Crippen LogP contribution in [0.4, 0.5) is 0 Å². The van der Waals surface area contributed by atoms with Crippen LogP contribution < -0.4 is 10.1 Å². The third-order valence-electron chi connectivity index (χ3n) is 2.83. The maximum absolute atomic E-state index is 5.62. The fraction of sp³-hybridized carbons (Fsp3) is 0.400. The SMILES string of the molecule is CCCOc1cccc(CNCCc2cnc[nH]2)c1. The number of imidazole rings is 1. The van der Waals surface area contributed by atoms with Gasteiger partial charge in [-0.15, -0.1) is 0 Å². The molecule has 0 atom stereocenters. The van der Waals surface area contributed by atoms with E-state index < -0.39 is 0 Å². The van der Waals surface area contributed by atoms with Crippen molar-refractivity contribution >= 4 is 0 Å². The molecule has 0 saturated carbocycles. The van der Waals surface area contributed by atoms with Crippen LogP contribution in [0.15, 0.2) is 36.8 Å². The van der Waals surface area contributed by atoms with Gasteiger partial charge in [0.05, 0.1) is 12.9 Å². The Bertz CT molecular complexity index is 468. The van der Waals surface area contributed by atoms with Crippen molar-refractivity contribution < 1.29 is 4.74 Å². The smallest absolute Gasteiger partial charge is 0.119 e. The van der Waals surface area contributed by atoms with Gasteiger partial charge in [0.2, 0.25) is 0 Å². The second kappa shape index (κ2) is 7.59. The van der Waals surface area contributed by atoms with E-state index in [0.717, 1.165) is 44.0 Å². The monoisotopic (exact) mass is 259 g/mol. The lowest BCUT2D eigenvalue weighted by atomic mass is 10.2. The molecule has 0 fully saturated rings. The summed E-state index contributed by atoms with van der Waals surface area (Å²) in [7, 11) is 0. The molecular weight excluding hydrogens is 238 g/mol. The molecule has 0 spiro atoms. The highest BCUT2D eigenvalue weighted by Gasteiger charge is 1.98. The minimum atomic E-state index is 0.775. The normalized spacial score (nSPS) is 10.6. The van der Waals surface area contributed by atoms with Gasteiger partial charge in [-0.3, -0.25) is 0 Å². The molecule has 0 unspecified atom stereocenters. The average Bonchev–Trinajstić information content (AvgIpc) is 2.95. The second-order valence-electron chi connectivity index (χ2n) is 4.50. The first-order valence-electron chi connectivity index (χ1n) is 6.78. The first kappa shape index (κ1) is 13.6. The molecule has 0 bridgehead atoms. The zero-order valence-corrected chi connectivity index (χ0v) is 11.4. The summed E-state index contributed by atoms with van der Waals surface area (Å²) < 4.78 is 5.62. The summed E-state index contributed by atoms with van der Waals surface area (Å²) in [6, 6.07) is 8.25. The Labute approximate surface area is 114 Å². The van der Waals surface area contributed by atoms with Crippen LogP contribution >= 0.6 is 0 Å². The fourth-order valence-corrected chi connectivity index (χ4v) is 1.84. The lowest BCUT2D eigenvalue weighted by Gasteiger charge is -2.08. The van der Waals surface area contributed by atoms with Gasteiger partial charge in [-0.25, -0.2) is 4.98 Å². The summed E-state index contributed by atoms with van der Waals surface area (Å²) in [6.45, 7) is 4.68. The molecule has 1 aromatic heterocycles. The predicted octanol–water partition coefficient (Wildman–Crippen LogP) is 2.53. The van der Waals surface area contributed by atoms with Gasteiger partial charge in [0, 0.05) is 31.4 Å². The Morgan fingerprint density at radius 3 is 3.11 bits per heavy atom. The highest BCUT2D eigenvalue weighted by Crippen LogP contribution is 2.13. The highest BCUT2D eigenvalue weighted by atomic mass is 16.5. The summed E-state index contributed by atoms with van der Waals surface area (Å²) in [4.78, 5) is 7.10. The number of aromatic nitrogens is 2. The number of hydrogen-bond donors (Lipinski definition) is 2. The molecule has 2 N–H and O–H groups in total. The van der Waals surface area contributed by atoms with Crippen LogP contribution in [0.5, 0.6) is 5.75 Å². The molecular formula is C15H21N3O. The molecule has 0 aliphatic carbocycles. The predicted molar refractivity (Wildman–Crippen MR) is 76.2 cm³/mol. The summed E-state index contributed by atoms with van der Waals surface area (Å²) in [5.41, 5.74) is 2.41. The largest absolute Gasteiger partial charge is 0.494 e. The van der Waals surface area contributed by atoms with E-state index in [2.05, 4.69) is 34.3 Å². The van der Waals surface area contributed by atoms with E-state index in [0.29, 0.717) is 0 Å². The minimum Gasteiger partial charge on any atom is -0.494 e. The van der Waals surface area contributed by atoms with Crippen LogP contribution in [0.1, 0.15) is 24.6 Å². The van der Waals surface area contributed by atoms with Crippen molar-refractivity contribution in [3.63, 3.8) is 0 Å². The second-order valence-corrected chi connectivity index (χ2v) is 4.50. The Morgan fingerprint density at radius 1 is 1.37 bits per heavy atom. The van der Waals surface area contributed by atoms with Gasteiger partial charge in [-0.1, -0.05) is 19.1 Å². The quantitative estimate of drug-likeness (QED) is 0.716. The Hall–Kier alpha value is -1.81. The van der Waals surface area contributed by atoms with Crippen molar-refractivity contribution in [3.8, 4) is 5.75 Å². The topological polar surface area (TPSA) is 49.9 Å². The summed E-state index contributed by atoms with van der Waals surface area (Å²) in [5.74, 6) is 0.953. The van der Waals surface area contributed by atoms with E-state index in [1.807, 2.05) is 18.3 Å². The van der Waals surface area contributed by atoms with Gasteiger partial charge in [-0.05, 0) is 24.1 Å². The summed E-state index contributed by atoms with van der Waals surface area (Å²) >= 11 is 0. The Balaban J connectivity index is 1.73. The van der Waals surface area contributed by atoms with Gasteiger partial charge >= 0.3 is 0 Å². The standard InChI is InChI=1S/C15H21N3O/c1-2-8-19-15-5-3-4-13(9-15)10-16-7-6-14-11-17-12-18-14/h3-5,9,11-12,16H,2,6-8,10H2,1H3,(H,17,18). The van der Waals surface area contributed by atoms with Gasteiger partial charge in [-0.2, -0.15) is 0 Å². The van der Waals surface area contributed by atoms with Gasteiger partial charge in [0.25, 0.3) is 0 Å². The fourth-order valence-electron chi connectivity index (χ4n) is 1.84. The van der Waals surface area contributed by atoms with E-state index in [1.54, 1.807) is 6.33 Å². The number of aromatic amines is 1. The minimum absolute atomic E-state index is 0.775. The lowest BCUT2D eigenvalue weighted by Crippen LogP contribution is -2.16. The number of rotatable bonds is 8. The van der Waals surface area contributed by atoms with E-state index in [1.165, 1.54) is 5.56 Å². The number of ether oxygens (including phenoxy) is 1. The lowest BCUT2D eigenvalue weighted by molar-refractivity contribution is 0.317. The molecule has 2 aromatic rings. The van der Waals surface area contributed by atoms with Crippen LogP contribution in [-0.2, 0) is 13.0 Å². The number of nitrogens with zero attached hydrogens (tertiary/aromatic N) is 1. The van der Waals surface area contributed by atoms with E-state index in [-0.39, 0.29) is 0 Å². The van der Waals surface area contributed by atoms with Crippen LogP contribution in [0, 0.1) is 0 Å². The number of benzene rings is 1. The molecule has 0 saturated heterocycles. The summed E-state index contributed by atoms with van der Waals surface area (Å²) in [5, 5.41) is 3.42. The number of hydrogen-bond acceptors (Lipinski definition) is 3. The van der Waals surface area contributed by atoms with Crippen molar-refractivity contribution in [2.24, 2.45) is 0 Å². The highest BCUT2D eigenvalue weighted by molar-refractivity contribution is 5.28. The molecule has 1 aromatic carbocycles. The Morgan fingerprint density at radius 2 is 2.32 bits per heavy atom.